The van der Waals surface area contributed by atoms with Gasteiger partial charge in [-0.15, -0.1) is 0 Å². The van der Waals surface area contributed by atoms with Crippen LogP contribution in [0.15, 0.2) is 42.8 Å². The molecule has 12 heteroatoms. The van der Waals surface area contributed by atoms with Crippen LogP contribution in [0.25, 0.3) is 0 Å². The number of benzene rings is 2. The summed E-state index contributed by atoms with van der Waals surface area (Å²) in [5.74, 6) is -0.824. The second-order valence-electron chi connectivity index (χ2n) is 5.09. The van der Waals surface area contributed by atoms with Gasteiger partial charge in [-0.2, -0.15) is 5.10 Å². The van der Waals surface area contributed by atoms with Crippen molar-refractivity contribution in [3.8, 4) is 17.2 Å². The molecule has 1 amide bonds. The van der Waals surface area contributed by atoms with E-state index in [9.17, 15) is 20.0 Å². The smallest absolute Gasteiger partial charge is 0.323 e. The van der Waals surface area contributed by atoms with Crippen molar-refractivity contribution in [2.45, 2.75) is 0 Å². The molecule has 0 spiro atoms. The summed E-state index contributed by atoms with van der Waals surface area (Å²) in [6, 6.07) is 6.01. The van der Waals surface area contributed by atoms with Crippen LogP contribution in [0.4, 0.5) is 5.69 Å². The molecule has 0 unspecified atom stereocenters. The Morgan fingerprint density at radius 2 is 1.93 bits per heavy atom. The Kier molecular flexibility index (Phi) is 7.78. The average Bonchev–Trinajstić information content (AvgIpc) is 2.61. The molecule has 2 aromatic carbocycles. The lowest BCUT2D eigenvalue weighted by Crippen LogP contribution is -2.24. The number of hydrogen-bond acceptors (Lipinski definition) is 7. The minimum absolute atomic E-state index is 0.0410. The lowest BCUT2D eigenvalue weighted by atomic mass is 10.1. The number of carbonyl (C=O) groups is 1. The standard InChI is InChI=1S/C16H12Br3N3O6/c1-27-16-12(23)3-2-8(14(16)22(25)26)6-20-21-13(24)7-28-15-10(18)4-9(17)5-11(15)19/h2-6,23H,7H2,1H3,(H,21,24)/b20-6-. The van der Waals surface area contributed by atoms with Crippen LogP contribution in [0.2, 0.25) is 0 Å². The number of halogens is 3. The van der Waals surface area contributed by atoms with Crippen LogP contribution < -0.4 is 14.9 Å². The van der Waals surface area contributed by atoms with E-state index in [2.05, 4.69) is 58.3 Å². The molecule has 0 saturated carbocycles. The fourth-order valence-electron chi connectivity index (χ4n) is 2.08. The number of hydrazone groups is 1. The number of aromatic hydroxyl groups is 1. The third-order valence-electron chi connectivity index (χ3n) is 3.23. The second kappa shape index (κ2) is 9.85. The van der Waals surface area contributed by atoms with Gasteiger partial charge in [-0.3, -0.25) is 14.9 Å². The molecule has 0 bridgehead atoms. The van der Waals surface area contributed by atoms with Gasteiger partial charge in [0.2, 0.25) is 5.75 Å². The van der Waals surface area contributed by atoms with Gasteiger partial charge < -0.3 is 14.6 Å². The van der Waals surface area contributed by atoms with E-state index >= 15 is 0 Å². The summed E-state index contributed by atoms with van der Waals surface area (Å²) in [5.41, 5.74) is 1.78. The molecular formula is C16H12Br3N3O6. The summed E-state index contributed by atoms with van der Waals surface area (Å²) >= 11 is 9.99. The number of phenolic OH excluding ortho intramolecular Hbond substituents is 1. The number of phenols is 1. The molecule has 0 aliphatic carbocycles. The average molecular weight is 582 g/mol. The Bertz CT molecular complexity index is 928. The zero-order valence-electron chi connectivity index (χ0n) is 14.1. The molecule has 2 N–H and O–H groups in total. The summed E-state index contributed by atoms with van der Waals surface area (Å²) in [6.45, 7) is -0.336. The van der Waals surface area contributed by atoms with Crippen molar-refractivity contribution < 1.29 is 24.3 Å². The Morgan fingerprint density at radius 1 is 1.29 bits per heavy atom. The highest BCUT2D eigenvalue weighted by atomic mass is 79.9. The first-order valence-electron chi connectivity index (χ1n) is 7.38. The molecule has 0 atom stereocenters. The second-order valence-corrected chi connectivity index (χ2v) is 7.72. The maximum Gasteiger partial charge on any atom is 0.323 e. The fraction of sp³-hybridized carbons (Fsp3) is 0.125. The maximum absolute atomic E-state index is 11.9. The molecule has 0 aliphatic rings. The van der Waals surface area contributed by atoms with Crippen molar-refractivity contribution in [2.75, 3.05) is 13.7 Å². The molecule has 148 valence electrons. The minimum Gasteiger partial charge on any atom is -0.504 e. The molecule has 9 nitrogen and oxygen atoms in total. The third kappa shape index (κ3) is 5.42. The molecule has 0 aliphatic heterocycles. The van der Waals surface area contributed by atoms with Crippen molar-refractivity contribution in [3.05, 3.63) is 53.4 Å². The van der Waals surface area contributed by atoms with Gasteiger partial charge in [0.15, 0.2) is 12.4 Å². The fourth-order valence-corrected chi connectivity index (χ4v) is 4.57. The van der Waals surface area contributed by atoms with Gasteiger partial charge in [-0.1, -0.05) is 15.9 Å². The number of ether oxygens (including phenoxy) is 2. The topological polar surface area (TPSA) is 123 Å². The van der Waals surface area contributed by atoms with Crippen molar-refractivity contribution in [1.29, 1.82) is 0 Å². The van der Waals surface area contributed by atoms with Crippen LogP contribution in [0, 0.1) is 10.1 Å². The quantitative estimate of drug-likeness (QED) is 0.288. The highest BCUT2D eigenvalue weighted by Crippen LogP contribution is 2.38. The molecule has 2 aromatic rings. The van der Waals surface area contributed by atoms with Crippen LogP contribution in [0.5, 0.6) is 17.2 Å². The number of nitro groups is 1. The number of nitrogens with one attached hydrogen (secondary N) is 1. The van der Waals surface area contributed by atoms with Gasteiger partial charge in [0, 0.05) is 4.47 Å². The lowest BCUT2D eigenvalue weighted by Gasteiger charge is -2.10. The van der Waals surface area contributed by atoms with Gasteiger partial charge in [-0.25, -0.2) is 5.43 Å². The Labute approximate surface area is 184 Å². The largest absolute Gasteiger partial charge is 0.504 e. The third-order valence-corrected chi connectivity index (χ3v) is 4.87. The van der Waals surface area contributed by atoms with E-state index in [-0.39, 0.29) is 23.7 Å². The van der Waals surface area contributed by atoms with Crippen LogP contribution >= 0.6 is 47.8 Å². The monoisotopic (exact) mass is 579 g/mol. The molecule has 2 rings (SSSR count). The van der Waals surface area contributed by atoms with E-state index in [0.717, 1.165) is 10.7 Å². The highest BCUT2D eigenvalue weighted by Gasteiger charge is 2.23. The van der Waals surface area contributed by atoms with Crippen molar-refractivity contribution in [3.63, 3.8) is 0 Å². The molecule has 0 aromatic heterocycles. The molecular weight excluding hydrogens is 570 g/mol. The molecule has 0 heterocycles. The van der Waals surface area contributed by atoms with E-state index in [1.165, 1.54) is 19.2 Å². The van der Waals surface area contributed by atoms with Gasteiger partial charge in [0.25, 0.3) is 5.91 Å². The Morgan fingerprint density at radius 3 is 2.50 bits per heavy atom. The highest BCUT2D eigenvalue weighted by molar-refractivity contribution is 9.11. The van der Waals surface area contributed by atoms with E-state index in [1.54, 1.807) is 12.1 Å². The van der Waals surface area contributed by atoms with E-state index < -0.39 is 16.5 Å². The SMILES string of the molecule is COc1c(O)ccc(/C=N\NC(=O)COc2c(Br)cc(Br)cc2Br)c1[N+](=O)[O-]. The summed E-state index contributed by atoms with van der Waals surface area (Å²) in [6.07, 6.45) is 1.07. The summed E-state index contributed by atoms with van der Waals surface area (Å²) in [5, 5.41) is 24.6. The van der Waals surface area contributed by atoms with Crippen molar-refractivity contribution >= 4 is 65.6 Å². The van der Waals surface area contributed by atoms with Crippen molar-refractivity contribution in [1.82, 2.24) is 5.43 Å². The van der Waals surface area contributed by atoms with Crippen LogP contribution in [-0.2, 0) is 4.79 Å². The predicted molar refractivity (Wildman–Crippen MR) is 112 cm³/mol. The van der Waals surface area contributed by atoms with E-state index in [0.29, 0.717) is 14.7 Å². The minimum atomic E-state index is -0.715. The van der Waals surface area contributed by atoms with Crippen molar-refractivity contribution in [2.24, 2.45) is 5.10 Å². The Balaban J connectivity index is 2.06. The predicted octanol–water partition coefficient (Wildman–Crippen LogP) is 4.13. The molecule has 0 radical (unpaired) electrons. The Hall–Kier alpha value is -2.18. The lowest BCUT2D eigenvalue weighted by molar-refractivity contribution is -0.386. The zero-order chi connectivity index (χ0) is 20.8. The number of carbonyl (C=O) groups excluding carboxylic acids is 1. The van der Waals surface area contributed by atoms with Gasteiger partial charge >= 0.3 is 5.69 Å². The van der Waals surface area contributed by atoms with E-state index in [4.69, 9.17) is 9.47 Å². The van der Waals surface area contributed by atoms with E-state index in [1.807, 2.05) is 0 Å². The van der Waals surface area contributed by atoms with Gasteiger partial charge in [-0.05, 0) is 56.1 Å². The number of nitro benzene ring substituents is 1. The first-order chi connectivity index (χ1) is 13.2. The van der Waals surface area contributed by atoms with Crippen LogP contribution in [0.1, 0.15) is 5.56 Å². The maximum atomic E-state index is 11.9. The number of nitrogens with zero attached hydrogens (tertiary/aromatic N) is 2. The number of rotatable bonds is 7. The van der Waals surface area contributed by atoms with Crippen LogP contribution in [-0.4, -0.2) is 35.9 Å². The molecule has 0 fully saturated rings. The summed E-state index contributed by atoms with van der Waals surface area (Å²) in [4.78, 5) is 22.4. The molecule has 0 saturated heterocycles. The normalized spacial score (nSPS) is 10.7. The number of hydrogen-bond donors (Lipinski definition) is 2. The molecule has 28 heavy (non-hydrogen) atoms. The van der Waals surface area contributed by atoms with Crippen LogP contribution in [0.3, 0.4) is 0 Å². The zero-order valence-corrected chi connectivity index (χ0v) is 18.9. The first-order valence-corrected chi connectivity index (χ1v) is 9.76. The number of amides is 1. The summed E-state index contributed by atoms with van der Waals surface area (Å²) < 4.78 is 12.4. The number of methoxy groups -OCH3 is 1. The summed E-state index contributed by atoms with van der Waals surface area (Å²) in [7, 11) is 1.19. The van der Waals surface area contributed by atoms with Gasteiger partial charge in [0.1, 0.15) is 5.75 Å². The first kappa shape index (κ1) is 22.1. The van der Waals surface area contributed by atoms with Gasteiger partial charge in [0.05, 0.1) is 32.8 Å².